The van der Waals surface area contributed by atoms with Gasteiger partial charge in [-0.2, -0.15) is 0 Å². The predicted molar refractivity (Wildman–Crippen MR) is 195 cm³/mol. The molecule has 5 rings (SSSR count). The van der Waals surface area contributed by atoms with E-state index >= 15 is 0 Å². The fourth-order valence-electron chi connectivity index (χ4n) is 8.21. The highest BCUT2D eigenvalue weighted by molar-refractivity contribution is 6.02. The number of fused-ring (bicyclic) bond motifs is 2. The number of likely N-dealkylation sites (N-methyl/N-ethyl adjacent to an activating group) is 1. The highest BCUT2D eigenvalue weighted by atomic mass is 16.7. The van der Waals surface area contributed by atoms with Gasteiger partial charge in [0.15, 0.2) is 6.29 Å². The Morgan fingerprint density at radius 1 is 1.08 bits per heavy atom. The summed E-state index contributed by atoms with van der Waals surface area (Å²) in [5.41, 5.74) is 2.92. The number of oxime groups is 1. The molecule has 0 aromatic heterocycles. The third-order valence-corrected chi connectivity index (χ3v) is 10.4. The number of hydrogen-bond donors (Lipinski definition) is 2. The van der Waals surface area contributed by atoms with E-state index in [0.717, 1.165) is 43.1 Å². The number of amides is 1. The molecule has 2 N–H and O–H groups in total. The van der Waals surface area contributed by atoms with Gasteiger partial charge in [0.25, 0.3) is 0 Å². The van der Waals surface area contributed by atoms with Gasteiger partial charge in [0.1, 0.15) is 35.6 Å². The van der Waals surface area contributed by atoms with E-state index < -0.39 is 23.8 Å². The second kappa shape index (κ2) is 17.9. The number of allylic oxidation sites excluding steroid dienone is 1. The van der Waals surface area contributed by atoms with Gasteiger partial charge in [-0.05, 0) is 86.4 Å². The molecule has 0 radical (unpaired) electrons. The summed E-state index contributed by atoms with van der Waals surface area (Å²) in [4.78, 5) is 32.3. The smallest absolute Gasteiger partial charge is 0.409 e. The first kappa shape index (κ1) is 38.8. The van der Waals surface area contributed by atoms with Crippen molar-refractivity contribution in [2.45, 2.75) is 69.6 Å². The van der Waals surface area contributed by atoms with Gasteiger partial charge in [-0.3, -0.25) is 4.79 Å². The fourth-order valence-corrected chi connectivity index (χ4v) is 8.21. The Kier molecular flexibility index (Phi) is 13.4. The Hall–Kier alpha value is -4.39. The maximum atomic E-state index is 13.3. The molecule has 52 heavy (non-hydrogen) atoms. The molecule has 3 aliphatic rings. The van der Waals surface area contributed by atoms with Crippen molar-refractivity contribution in [3.8, 4) is 23.0 Å². The van der Waals surface area contributed by atoms with E-state index in [1.807, 2.05) is 25.1 Å². The molecule has 2 aliphatic carbocycles. The number of aliphatic hydroxyl groups is 2. The number of aliphatic hydroxyl groups excluding tert-OH is 2. The van der Waals surface area contributed by atoms with E-state index in [0.29, 0.717) is 53.7 Å². The van der Waals surface area contributed by atoms with Gasteiger partial charge in [-0.25, -0.2) is 4.79 Å². The van der Waals surface area contributed by atoms with Crippen molar-refractivity contribution in [1.29, 1.82) is 0 Å². The summed E-state index contributed by atoms with van der Waals surface area (Å²) in [5.74, 6) is 0.184. The molecule has 1 amide bonds. The van der Waals surface area contributed by atoms with Crippen molar-refractivity contribution in [2.24, 2.45) is 22.9 Å². The quantitative estimate of drug-likeness (QED) is 0.0743. The average molecular weight is 721 g/mol. The van der Waals surface area contributed by atoms with Gasteiger partial charge in [0.05, 0.1) is 38.0 Å². The third kappa shape index (κ3) is 7.84. The van der Waals surface area contributed by atoms with E-state index in [2.05, 4.69) is 17.8 Å². The van der Waals surface area contributed by atoms with Crippen LogP contribution in [0.3, 0.4) is 0 Å². The number of hydrogen-bond acceptors (Lipinski definition) is 11. The molecule has 1 heterocycles. The summed E-state index contributed by atoms with van der Waals surface area (Å²) in [6, 6.07) is 10.1. The highest BCUT2D eigenvalue weighted by Gasteiger charge is 2.65. The second-order valence-corrected chi connectivity index (χ2v) is 13.4. The van der Waals surface area contributed by atoms with Gasteiger partial charge in [0, 0.05) is 38.2 Å². The molecule has 1 fully saturated rings. The van der Waals surface area contributed by atoms with Crippen LogP contribution < -0.4 is 14.2 Å². The molecule has 1 aliphatic heterocycles. The maximum Gasteiger partial charge on any atom is 0.409 e. The lowest BCUT2D eigenvalue weighted by Gasteiger charge is -2.59. The molecule has 0 saturated heterocycles. The van der Waals surface area contributed by atoms with Crippen LogP contribution in [-0.2, 0) is 14.3 Å². The molecule has 12 heteroatoms. The van der Waals surface area contributed by atoms with E-state index in [4.69, 9.17) is 28.5 Å². The molecule has 6 unspecified atom stereocenters. The number of unbranched alkanes of at least 4 members (excludes halogenated alkanes) is 2. The summed E-state index contributed by atoms with van der Waals surface area (Å²) in [6.45, 7) is 6.52. The molecular weight excluding hydrogens is 668 g/mol. The van der Waals surface area contributed by atoms with Crippen LogP contribution in [0.2, 0.25) is 0 Å². The van der Waals surface area contributed by atoms with E-state index in [1.54, 1.807) is 31.3 Å². The monoisotopic (exact) mass is 720 g/mol. The number of benzene rings is 2. The molecule has 12 nitrogen and oxygen atoms in total. The van der Waals surface area contributed by atoms with Crippen molar-refractivity contribution in [2.75, 3.05) is 47.7 Å². The first-order chi connectivity index (χ1) is 25.3. The fraction of sp³-hybridized carbons (Fsp3) is 0.525. The molecular formula is C40H52N2O10. The number of rotatable bonds is 18. The summed E-state index contributed by atoms with van der Waals surface area (Å²) < 4.78 is 30.8. The largest absolute Gasteiger partial charge is 0.496 e. The second-order valence-electron chi connectivity index (χ2n) is 13.4. The third-order valence-electron chi connectivity index (χ3n) is 10.4. The summed E-state index contributed by atoms with van der Waals surface area (Å²) >= 11 is 0. The molecule has 2 aromatic rings. The van der Waals surface area contributed by atoms with Crippen molar-refractivity contribution in [3.63, 3.8) is 0 Å². The van der Waals surface area contributed by atoms with Gasteiger partial charge in [-0.1, -0.05) is 30.1 Å². The number of aldehydes is 1. The van der Waals surface area contributed by atoms with Crippen LogP contribution in [0.25, 0.3) is 0 Å². The SMILES string of the molecule is C=CCOC12Oc3ccc(Oc4ccc(OC)c(C=O)c4)cc3C3C(CCCCO)C(CCCCO)C=C(C(=NOCC)CC1N(C)C(=O)OC)C32. The van der Waals surface area contributed by atoms with Crippen molar-refractivity contribution in [1.82, 2.24) is 4.90 Å². The average Bonchev–Trinajstić information content (AvgIpc) is 3.16. The molecule has 282 valence electrons. The van der Waals surface area contributed by atoms with Crippen LogP contribution in [0, 0.1) is 17.8 Å². The zero-order valence-electron chi connectivity index (χ0n) is 30.6. The van der Waals surface area contributed by atoms with Crippen LogP contribution >= 0.6 is 0 Å². The van der Waals surface area contributed by atoms with Crippen molar-refractivity contribution < 1.29 is 48.3 Å². The summed E-state index contributed by atoms with van der Waals surface area (Å²) in [7, 11) is 4.53. The van der Waals surface area contributed by atoms with Crippen LogP contribution in [-0.4, -0.2) is 92.7 Å². The minimum absolute atomic E-state index is 0.0572. The molecule has 1 saturated carbocycles. The lowest BCUT2D eigenvalue weighted by molar-refractivity contribution is -0.253. The number of nitrogens with zero attached hydrogens (tertiary/aromatic N) is 2. The van der Waals surface area contributed by atoms with Crippen LogP contribution in [0.5, 0.6) is 23.0 Å². The van der Waals surface area contributed by atoms with E-state index in [1.165, 1.54) is 19.1 Å². The molecule has 6 atom stereocenters. The normalized spacial score (nSPS) is 25.2. The Morgan fingerprint density at radius 2 is 1.81 bits per heavy atom. The first-order valence-corrected chi connectivity index (χ1v) is 18.1. The number of carbonyl (C=O) groups excluding carboxylic acids is 2. The zero-order chi connectivity index (χ0) is 37.3. The first-order valence-electron chi connectivity index (χ1n) is 18.1. The summed E-state index contributed by atoms with van der Waals surface area (Å²) in [5, 5.41) is 24.2. The van der Waals surface area contributed by atoms with Gasteiger partial charge >= 0.3 is 6.09 Å². The van der Waals surface area contributed by atoms with E-state index in [-0.39, 0.29) is 44.0 Å². The van der Waals surface area contributed by atoms with Gasteiger partial charge < -0.3 is 43.6 Å². The molecule has 0 spiro atoms. The van der Waals surface area contributed by atoms with Crippen LogP contribution in [0.4, 0.5) is 4.79 Å². The predicted octanol–water partition coefficient (Wildman–Crippen LogP) is 6.65. The Bertz CT molecular complexity index is 1630. The lowest BCUT2D eigenvalue weighted by atomic mass is 9.55. The Morgan fingerprint density at radius 3 is 2.48 bits per heavy atom. The van der Waals surface area contributed by atoms with Crippen LogP contribution in [0.1, 0.15) is 73.7 Å². The standard InChI is InChI=1S/C40H52N2O10/c1-6-20-49-40-36(42(3)39(46)48-5)24-33(41-50-7-2)31-22-26(12-8-10-18-43)30(13-9-11-19-44)37(38(31)40)32-23-29(15-17-35(32)52-40)51-28-14-16-34(47-4)27(21-28)25-45/h6,14-17,21-23,25-26,30,36-38,43-44H,1,7-13,18-20,24H2,2-5H3. The van der Waals surface area contributed by atoms with Crippen molar-refractivity contribution >= 4 is 18.1 Å². The van der Waals surface area contributed by atoms with E-state index in [9.17, 15) is 19.8 Å². The molecule has 0 bridgehead atoms. The highest BCUT2D eigenvalue weighted by Crippen LogP contribution is 2.62. The Labute approximate surface area is 306 Å². The number of methoxy groups -OCH3 is 2. The Balaban J connectivity index is 1.74. The lowest BCUT2D eigenvalue weighted by Crippen LogP contribution is -2.69. The zero-order valence-corrected chi connectivity index (χ0v) is 30.6. The summed E-state index contributed by atoms with van der Waals surface area (Å²) in [6.07, 6.45) is 9.00. The molecule has 2 aromatic carbocycles. The topological polar surface area (TPSA) is 146 Å². The van der Waals surface area contributed by atoms with Crippen molar-refractivity contribution in [3.05, 3.63) is 71.8 Å². The van der Waals surface area contributed by atoms with Gasteiger partial charge in [0.2, 0.25) is 5.79 Å². The minimum Gasteiger partial charge on any atom is -0.496 e. The number of carbonyl (C=O) groups is 2. The minimum atomic E-state index is -1.37. The maximum absolute atomic E-state index is 13.3. The van der Waals surface area contributed by atoms with Gasteiger partial charge in [-0.15, -0.1) is 6.58 Å². The number of ether oxygens (including phenoxy) is 5. The van der Waals surface area contributed by atoms with Crippen LogP contribution in [0.15, 0.2) is 65.9 Å².